The number of nitrogens with two attached hydrogens (primary N) is 1. The third-order valence-electron chi connectivity index (χ3n) is 3.26. The molecule has 1 saturated carbocycles. The van der Waals surface area contributed by atoms with Crippen molar-refractivity contribution in [3.63, 3.8) is 0 Å². The first kappa shape index (κ1) is 14.0. The van der Waals surface area contributed by atoms with E-state index in [0.717, 1.165) is 31.1 Å². The zero-order valence-electron chi connectivity index (χ0n) is 11.8. The summed E-state index contributed by atoms with van der Waals surface area (Å²) in [6.07, 6.45) is 2.45. The molecule has 1 aliphatic rings. The maximum Gasteiger partial charge on any atom is 0.145 e. The minimum absolute atomic E-state index is 0.270. The molecule has 1 fully saturated rings. The van der Waals surface area contributed by atoms with Crippen molar-refractivity contribution in [3.8, 4) is 0 Å². The van der Waals surface area contributed by atoms with E-state index in [2.05, 4.69) is 34.6 Å². The summed E-state index contributed by atoms with van der Waals surface area (Å²) in [4.78, 5) is 8.85. The van der Waals surface area contributed by atoms with Gasteiger partial charge in [0.2, 0.25) is 0 Å². The number of aromatic nitrogens is 2. The zero-order valence-corrected chi connectivity index (χ0v) is 11.8. The average molecular weight is 265 g/mol. The summed E-state index contributed by atoms with van der Waals surface area (Å²) in [6.45, 7) is 6.94. The summed E-state index contributed by atoms with van der Waals surface area (Å²) in [5, 5.41) is 3.41. The lowest BCUT2D eigenvalue weighted by atomic mass is 9.89. The second-order valence-corrected chi connectivity index (χ2v) is 5.19. The molecule has 0 bridgehead atoms. The third-order valence-corrected chi connectivity index (χ3v) is 3.26. The van der Waals surface area contributed by atoms with Crippen molar-refractivity contribution >= 4 is 11.6 Å². The molecule has 19 heavy (non-hydrogen) atoms. The summed E-state index contributed by atoms with van der Waals surface area (Å²) in [5.74, 6) is 7.97. The Morgan fingerprint density at radius 1 is 1.37 bits per heavy atom. The summed E-state index contributed by atoms with van der Waals surface area (Å²) < 4.78 is 5.55. The van der Waals surface area contributed by atoms with Gasteiger partial charge in [-0.1, -0.05) is 13.8 Å². The second kappa shape index (κ2) is 6.16. The van der Waals surface area contributed by atoms with Gasteiger partial charge in [-0.15, -0.1) is 0 Å². The Hall–Kier alpha value is -1.40. The number of hydrogen-bond acceptors (Lipinski definition) is 6. The number of nitrogen functional groups attached to an aromatic ring is 1. The van der Waals surface area contributed by atoms with E-state index in [-0.39, 0.29) is 5.92 Å². The number of hydrogen-bond donors (Lipinski definition) is 3. The molecule has 1 aliphatic carbocycles. The molecule has 0 spiro atoms. The van der Waals surface area contributed by atoms with Crippen LogP contribution in [0.4, 0.5) is 11.6 Å². The van der Waals surface area contributed by atoms with E-state index >= 15 is 0 Å². The molecule has 2 rings (SSSR count). The van der Waals surface area contributed by atoms with Gasteiger partial charge in [0.1, 0.15) is 17.5 Å². The largest absolute Gasteiger partial charge is 0.378 e. The fraction of sp³-hybridized carbons (Fsp3) is 0.692. The van der Waals surface area contributed by atoms with Gasteiger partial charge in [0.25, 0.3) is 0 Å². The molecule has 106 valence electrons. The molecule has 1 aromatic rings. The van der Waals surface area contributed by atoms with E-state index in [1.807, 2.05) is 13.0 Å². The van der Waals surface area contributed by atoms with Crippen LogP contribution in [0.25, 0.3) is 0 Å². The van der Waals surface area contributed by atoms with Crippen LogP contribution in [-0.4, -0.2) is 28.7 Å². The zero-order chi connectivity index (χ0) is 13.8. The molecule has 6 heteroatoms. The normalized spacial score (nSPS) is 22.2. The van der Waals surface area contributed by atoms with Crippen molar-refractivity contribution in [1.29, 1.82) is 0 Å². The molecule has 0 aliphatic heterocycles. The molecular weight excluding hydrogens is 242 g/mol. The predicted octanol–water partition coefficient (Wildman–Crippen LogP) is 1.86. The molecule has 0 unspecified atom stereocenters. The van der Waals surface area contributed by atoms with Crippen molar-refractivity contribution in [2.24, 2.45) is 5.84 Å². The number of hydrazine groups is 1. The third kappa shape index (κ3) is 3.54. The Labute approximate surface area is 114 Å². The lowest BCUT2D eigenvalue weighted by Crippen LogP contribution is -2.41. The van der Waals surface area contributed by atoms with Gasteiger partial charge in [-0.05, 0) is 19.8 Å². The molecule has 1 heterocycles. The Bertz CT molecular complexity index is 417. The number of nitrogens with zero attached hydrogens (tertiary/aromatic N) is 2. The Kier molecular flexibility index (Phi) is 4.55. The van der Waals surface area contributed by atoms with Gasteiger partial charge < -0.3 is 15.5 Å². The van der Waals surface area contributed by atoms with Gasteiger partial charge in [0, 0.05) is 24.6 Å². The minimum Gasteiger partial charge on any atom is -0.378 e. The van der Waals surface area contributed by atoms with Gasteiger partial charge in [-0.3, -0.25) is 0 Å². The molecule has 6 nitrogen and oxygen atoms in total. The molecule has 0 saturated heterocycles. The number of nitrogens with one attached hydrogen (secondary N) is 2. The van der Waals surface area contributed by atoms with E-state index in [1.165, 1.54) is 0 Å². The minimum atomic E-state index is 0.270. The van der Waals surface area contributed by atoms with Crippen molar-refractivity contribution in [1.82, 2.24) is 9.97 Å². The first-order valence-electron chi connectivity index (χ1n) is 6.86. The van der Waals surface area contributed by atoms with Crippen LogP contribution in [0.15, 0.2) is 6.07 Å². The maximum atomic E-state index is 5.55. The first-order valence-corrected chi connectivity index (χ1v) is 6.86. The number of rotatable bonds is 6. The molecule has 1 aromatic heterocycles. The highest BCUT2D eigenvalue weighted by Gasteiger charge is 2.29. The smallest absolute Gasteiger partial charge is 0.145 e. The fourth-order valence-corrected chi connectivity index (χ4v) is 2.14. The van der Waals surface area contributed by atoms with Gasteiger partial charge in [-0.25, -0.2) is 15.8 Å². The van der Waals surface area contributed by atoms with Crippen molar-refractivity contribution in [2.75, 3.05) is 17.3 Å². The molecular formula is C13H23N5O. The van der Waals surface area contributed by atoms with E-state index in [1.54, 1.807) is 0 Å². The lowest BCUT2D eigenvalue weighted by molar-refractivity contribution is 0.00292. The monoisotopic (exact) mass is 265 g/mol. The Morgan fingerprint density at radius 2 is 2.05 bits per heavy atom. The molecule has 0 aromatic carbocycles. The van der Waals surface area contributed by atoms with Gasteiger partial charge >= 0.3 is 0 Å². The van der Waals surface area contributed by atoms with Crippen LogP contribution in [0.1, 0.15) is 45.4 Å². The van der Waals surface area contributed by atoms with Crippen LogP contribution in [0.2, 0.25) is 0 Å². The topological polar surface area (TPSA) is 85.1 Å². The quantitative estimate of drug-likeness (QED) is 0.538. The van der Waals surface area contributed by atoms with Gasteiger partial charge in [-0.2, -0.15) is 0 Å². The molecule has 0 radical (unpaired) electrons. The van der Waals surface area contributed by atoms with Crippen LogP contribution >= 0.6 is 0 Å². The highest BCUT2D eigenvalue weighted by atomic mass is 16.5. The number of anilines is 2. The molecule has 4 N–H and O–H groups in total. The SMILES string of the molecule is CCOC1CC(Nc2cc(NN)nc(C(C)C)n2)C1. The highest BCUT2D eigenvalue weighted by Crippen LogP contribution is 2.27. The highest BCUT2D eigenvalue weighted by molar-refractivity contribution is 5.48. The summed E-state index contributed by atoms with van der Waals surface area (Å²) in [6, 6.07) is 2.26. The van der Waals surface area contributed by atoms with Crippen molar-refractivity contribution < 1.29 is 4.74 Å². The molecule has 0 amide bonds. The van der Waals surface area contributed by atoms with Crippen LogP contribution in [0, 0.1) is 0 Å². The summed E-state index contributed by atoms with van der Waals surface area (Å²) >= 11 is 0. The van der Waals surface area contributed by atoms with Crippen molar-refractivity contribution in [3.05, 3.63) is 11.9 Å². The van der Waals surface area contributed by atoms with Crippen LogP contribution in [0.3, 0.4) is 0 Å². The van der Waals surface area contributed by atoms with Crippen LogP contribution < -0.4 is 16.6 Å². The van der Waals surface area contributed by atoms with E-state index in [0.29, 0.717) is 18.0 Å². The van der Waals surface area contributed by atoms with E-state index in [4.69, 9.17) is 10.6 Å². The van der Waals surface area contributed by atoms with E-state index in [9.17, 15) is 0 Å². The summed E-state index contributed by atoms with van der Waals surface area (Å²) in [7, 11) is 0. The number of ether oxygens (including phenoxy) is 1. The fourth-order valence-electron chi connectivity index (χ4n) is 2.14. The first-order chi connectivity index (χ1) is 9.12. The Morgan fingerprint density at radius 3 is 2.63 bits per heavy atom. The van der Waals surface area contributed by atoms with Crippen LogP contribution in [0.5, 0.6) is 0 Å². The Balaban J connectivity index is 1.98. The van der Waals surface area contributed by atoms with Gasteiger partial charge in [0.15, 0.2) is 0 Å². The lowest BCUT2D eigenvalue weighted by Gasteiger charge is -2.35. The standard InChI is InChI=1S/C13H23N5O/c1-4-19-10-5-9(6-10)15-11-7-12(18-14)17-13(16-11)8(2)3/h7-10H,4-6,14H2,1-3H3,(H2,15,16,17,18). The molecule has 0 atom stereocenters. The summed E-state index contributed by atoms with van der Waals surface area (Å²) in [5.41, 5.74) is 2.59. The maximum absolute atomic E-state index is 5.55. The van der Waals surface area contributed by atoms with Crippen molar-refractivity contribution in [2.45, 2.75) is 51.7 Å². The van der Waals surface area contributed by atoms with Crippen LogP contribution in [-0.2, 0) is 4.74 Å². The predicted molar refractivity (Wildman–Crippen MR) is 76.0 cm³/mol. The van der Waals surface area contributed by atoms with E-state index < -0.39 is 0 Å². The average Bonchev–Trinajstić information content (AvgIpc) is 2.35. The van der Waals surface area contributed by atoms with Gasteiger partial charge in [0.05, 0.1) is 6.10 Å². The second-order valence-electron chi connectivity index (χ2n) is 5.19.